The number of carboxylic acid groups (broad SMARTS) is 1. The number of aromatic nitrogens is 2. The Morgan fingerprint density at radius 1 is 1.09 bits per heavy atom. The molecule has 11 heteroatoms. The summed E-state index contributed by atoms with van der Waals surface area (Å²) in [6.45, 7) is 2.42. The number of ether oxygens (including phenoxy) is 2. The molecule has 0 aliphatic rings. The number of aromatic carboxylic acids is 1. The molecule has 0 bridgehead atoms. The van der Waals surface area contributed by atoms with E-state index in [0.29, 0.717) is 35.7 Å². The standard InChI is InChI=1S/C32H34N4O7/c1-3-4-17-43-29-15-10-23(18-26(29)32(38)39)27(35-31(37)16-7-21-5-13-25(42-2)14-6-21)19-30-33-20-28(34-30)22-8-11-24(12-9-22)36(40)41/h5-6,8-15,18,20,27H,3-4,7,16-17,19H2,1-2H3,(H,33,34)(H,35,37)(H,38,39). The molecule has 11 nitrogen and oxygen atoms in total. The van der Waals surface area contributed by atoms with Crippen molar-refractivity contribution in [1.29, 1.82) is 0 Å². The second-order valence-electron chi connectivity index (χ2n) is 9.98. The van der Waals surface area contributed by atoms with Crippen molar-refractivity contribution in [2.24, 2.45) is 0 Å². The number of imidazole rings is 1. The number of carbonyl (C=O) groups is 2. The third-order valence-corrected chi connectivity index (χ3v) is 6.94. The summed E-state index contributed by atoms with van der Waals surface area (Å²) in [6, 6.07) is 17.9. The number of unbranched alkanes of at least 4 members (excludes halogenated alkanes) is 1. The van der Waals surface area contributed by atoms with Gasteiger partial charge >= 0.3 is 5.97 Å². The molecular weight excluding hydrogens is 552 g/mol. The summed E-state index contributed by atoms with van der Waals surface area (Å²) < 4.78 is 10.9. The van der Waals surface area contributed by atoms with Crippen LogP contribution in [0.3, 0.4) is 0 Å². The molecule has 43 heavy (non-hydrogen) atoms. The average Bonchev–Trinajstić information content (AvgIpc) is 3.48. The third-order valence-electron chi connectivity index (χ3n) is 6.94. The van der Waals surface area contributed by atoms with Gasteiger partial charge in [0.1, 0.15) is 22.9 Å². The number of amides is 1. The van der Waals surface area contributed by atoms with Crippen LogP contribution in [0, 0.1) is 10.1 Å². The zero-order valence-corrected chi connectivity index (χ0v) is 24.0. The summed E-state index contributed by atoms with van der Waals surface area (Å²) in [4.78, 5) is 43.5. The first-order valence-electron chi connectivity index (χ1n) is 14.0. The first-order chi connectivity index (χ1) is 20.8. The maximum atomic E-state index is 13.1. The Bertz CT molecular complexity index is 1550. The van der Waals surface area contributed by atoms with Crippen LogP contribution in [0.25, 0.3) is 11.3 Å². The second-order valence-corrected chi connectivity index (χ2v) is 9.98. The van der Waals surface area contributed by atoms with Crippen molar-refractivity contribution >= 4 is 17.6 Å². The Kier molecular flexibility index (Phi) is 10.5. The fraction of sp³-hybridized carbons (Fsp3) is 0.281. The Morgan fingerprint density at radius 3 is 2.49 bits per heavy atom. The van der Waals surface area contributed by atoms with Crippen LogP contribution in [0.2, 0.25) is 0 Å². The molecule has 4 rings (SSSR count). The van der Waals surface area contributed by atoms with Crippen molar-refractivity contribution in [3.63, 3.8) is 0 Å². The van der Waals surface area contributed by atoms with Crippen LogP contribution in [-0.2, 0) is 17.6 Å². The van der Waals surface area contributed by atoms with Gasteiger partial charge < -0.3 is 24.9 Å². The monoisotopic (exact) mass is 586 g/mol. The lowest BCUT2D eigenvalue weighted by Gasteiger charge is -2.20. The molecule has 4 aromatic rings. The molecule has 1 aromatic heterocycles. The molecular formula is C32H34N4O7. The number of benzene rings is 3. The molecule has 224 valence electrons. The van der Waals surface area contributed by atoms with Crippen molar-refractivity contribution in [3.05, 3.63) is 106 Å². The Hall–Kier alpha value is -5.19. The molecule has 0 saturated heterocycles. The molecule has 0 aliphatic heterocycles. The number of nitro benzene ring substituents is 1. The van der Waals surface area contributed by atoms with Crippen LogP contribution in [0.5, 0.6) is 11.5 Å². The lowest BCUT2D eigenvalue weighted by molar-refractivity contribution is -0.384. The van der Waals surface area contributed by atoms with E-state index >= 15 is 0 Å². The zero-order chi connectivity index (χ0) is 30.8. The summed E-state index contributed by atoms with van der Waals surface area (Å²) in [5, 5.41) is 23.9. The normalized spacial score (nSPS) is 11.5. The maximum Gasteiger partial charge on any atom is 0.339 e. The number of hydrogen-bond donors (Lipinski definition) is 3. The van der Waals surface area contributed by atoms with Crippen LogP contribution in [0.1, 0.15) is 59.5 Å². The van der Waals surface area contributed by atoms with Gasteiger partial charge in [-0.05, 0) is 60.4 Å². The summed E-state index contributed by atoms with van der Waals surface area (Å²) in [5.74, 6) is 0.220. The number of carbonyl (C=O) groups excluding carboxylic acids is 1. The molecule has 0 aliphatic carbocycles. The van der Waals surface area contributed by atoms with E-state index < -0.39 is 16.9 Å². The molecule has 3 N–H and O–H groups in total. The number of rotatable bonds is 15. The van der Waals surface area contributed by atoms with E-state index in [9.17, 15) is 24.8 Å². The number of aromatic amines is 1. The van der Waals surface area contributed by atoms with Gasteiger partial charge in [0.2, 0.25) is 5.91 Å². The van der Waals surface area contributed by atoms with E-state index in [-0.39, 0.29) is 35.7 Å². The van der Waals surface area contributed by atoms with E-state index in [2.05, 4.69) is 15.3 Å². The van der Waals surface area contributed by atoms with Crippen LogP contribution < -0.4 is 14.8 Å². The highest BCUT2D eigenvalue weighted by Crippen LogP contribution is 2.27. The minimum atomic E-state index is -1.13. The van der Waals surface area contributed by atoms with Crippen LogP contribution in [0.15, 0.2) is 72.9 Å². The SMILES string of the molecule is CCCCOc1ccc(C(Cc2ncc(-c3ccc([N+](=O)[O-])cc3)[nH]2)NC(=O)CCc2ccc(OC)cc2)cc1C(=O)O. The summed E-state index contributed by atoms with van der Waals surface area (Å²) in [5.41, 5.74) is 2.93. The van der Waals surface area contributed by atoms with Crippen LogP contribution in [-0.4, -0.2) is 45.6 Å². The summed E-state index contributed by atoms with van der Waals surface area (Å²) in [6.07, 6.45) is 4.30. The number of nitro groups is 1. The molecule has 0 spiro atoms. The van der Waals surface area contributed by atoms with Gasteiger partial charge in [0.15, 0.2) is 0 Å². The van der Waals surface area contributed by atoms with Gasteiger partial charge in [-0.15, -0.1) is 0 Å². The quantitative estimate of drug-likeness (QED) is 0.0882. The molecule has 0 radical (unpaired) electrons. The maximum absolute atomic E-state index is 13.1. The van der Waals surface area contributed by atoms with Crippen LogP contribution >= 0.6 is 0 Å². The first kappa shape index (κ1) is 30.8. The number of nitrogens with one attached hydrogen (secondary N) is 2. The number of methoxy groups -OCH3 is 1. The third kappa shape index (κ3) is 8.41. The lowest BCUT2D eigenvalue weighted by Crippen LogP contribution is -2.30. The van der Waals surface area contributed by atoms with E-state index in [1.807, 2.05) is 31.2 Å². The van der Waals surface area contributed by atoms with E-state index in [0.717, 1.165) is 24.2 Å². The predicted molar refractivity (Wildman–Crippen MR) is 160 cm³/mol. The van der Waals surface area contributed by atoms with Gasteiger partial charge in [0, 0.05) is 30.5 Å². The zero-order valence-electron chi connectivity index (χ0n) is 24.0. The first-order valence-corrected chi connectivity index (χ1v) is 14.0. The smallest absolute Gasteiger partial charge is 0.339 e. The minimum Gasteiger partial charge on any atom is -0.497 e. The van der Waals surface area contributed by atoms with E-state index in [4.69, 9.17) is 9.47 Å². The van der Waals surface area contributed by atoms with E-state index in [1.165, 1.54) is 18.2 Å². The fourth-order valence-corrected chi connectivity index (χ4v) is 4.52. The average molecular weight is 587 g/mol. The molecule has 3 aromatic carbocycles. The number of aryl methyl sites for hydroxylation is 1. The second kappa shape index (κ2) is 14.6. The summed E-state index contributed by atoms with van der Waals surface area (Å²) >= 11 is 0. The van der Waals surface area contributed by atoms with Gasteiger partial charge in [-0.2, -0.15) is 0 Å². The Labute approximate surface area is 249 Å². The van der Waals surface area contributed by atoms with Crippen molar-refractivity contribution < 1.29 is 29.1 Å². The number of non-ortho nitro benzene ring substituents is 1. The number of carboxylic acids is 1. The van der Waals surface area contributed by atoms with Gasteiger partial charge in [-0.1, -0.05) is 31.5 Å². The lowest BCUT2D eigenvalue weighted by atomic mass is 9.99. The highest BCUT2D eigenvalue weighted by molar-refractivity contribution is 5.91. The molecule has 1 unspecified atom stereocenters. The van der Waals surface area contributed by atoms with Gasteiger partial charge in [0.25, 0.3) is 5.69 Å². The largest absolute Gasteiger partial charge is 0.497 e. The number of hydrogen-bond acceptors (Lipinski definition) is 7. The van der Waals surface area contributed by atoms with Crippen LogP contribution in [0.4, 0.5) is 5.69 Å². The molecule has 1 heterocycles. The van der Waals surface area contributed by atoms with Gasteiger partial charge in [-0.3, -0.25) is 14.9 Å². The molecule has 1 atom stereocenters. The predicted octanol–water partition coefficient (Wildman–Crippen LogP) is 5.90. The Morgan fingerprint density at radius 2 is 1.84 bits per heavy atom. The molecule has 0 saturated carbocycles. The number of nitrogens with zero attached hydrogens (tertiary/aromatic N) is 2. The topological polar surface area (TPSA) is 157 Å². The number of H-pyrrole nitrogens is 1. The molecule has 1 amide bonds. The van der Waals surface area contributed by atoms with Crippen molar-refractivity contribution in [3.8, 4) is 22.8 Å². The molecule has 0 fully saturated rings. The van der Waals surface area contributed by atoms with Crippen molar-refractivity contribution in [1.82, 2.24) is 15.3 Å². The Balaban J connectivity index is 1.56. The van der Waals surface area contributed by atoms with Gasteiger partial charge in [-0.25, -0.2) is 9.78 Å². The highest BCUT2D eigenvalue weighted by atomic mass is 16.6. The highest BCUT2D eigenvalue weighted by Gasteiger charge is 2.21. The fourth-order valence-electron chi connectivity index (χ4n) is 4.52. The van der Waals surface area contributed by atoms with Crippen molar-refractivity contribution in [2.75, 3.05) is 13.7 Å². The van der Waals surface area contributed by atoms with Crippen molar-refractivity contribution in [2.45, 2.75) is 45.1 Å². The van der Waals surface area contributed by atoms with E-state index in [1.54, 1.807) is 37.6 Å². The summed E-state index contributed by atoms with van der Waals surface area (Å²) in [7, 11) is 1.59. The minimum absolute atomic E-state index is 0.0112. The van der Waals surface area contributed by atoms with Gasteiger partial charge in [0.05, 0.1) is 36.6 Å².